The van der Waals surface area contributed by atoms with Crippen molar-refractivity contribution in [1.29, 1.82) is 0 Å². The molecule has 78 valence electrons. The van der Waals surface area contributed by atoms with Crippen LogP contribution in [0, 0.1) is 6.92 Å². The van der Waals surface area contributed by atoms with Gasteiger partial charge in [0.25, 0.3) is 0 Å². The highest BCUT2D eigenvalue weighted by molar-refractivity contribution is 5.14. The number of nitrogens with one attached hydrogen (secondary N) is 1. The van der Waals surface area contributed by atoms with E-state index in [1.165, 1.54) is 0 Å². The summed E-state index contributed by atoms with van der Waals surface area (Å²) in [5, 5.41) is 3.34. The van der Waals surface area contributed by atoms with Crippen LogP contribution in [0.15, 0.2) is 4.42 Å². The maximum atomic E-state index is 5.49. The van der Waals surface area contributed by atoms with E-state index in [9.17, 15) is 0 Å². The Bertz CT molecular complexity index is 302. The lowest BCUT2D eigenvalue weighted by molar-refractivity contribution is 0.443. The molecule has 4 heteroatoms. The molecule has 1 aromatic rings. The molecule has 14 heavy (non-hydrogen) atoms. The second-order valence-electron chi connectivity index (χ2n) is 3.78. The van der Waals surface area contributed by atoms with E-state index in [-0.39, 0.29) is 0 Å². The molecule has 1 fully saturated rings. The molecule has 3 N–H and O–H groups in total. The second kappa shape index (κ2) is 4.11. The summed E-state index contributed by atoms with van der Waals surface area (Å²) in [6.07, 6.45) is 2.30. The van der Waals surface area contributed by atoms with Gasteiger partial charge in [-0.1, -0.05) is 0 Å². The van der Waals surface area contributed by atoms with Crippen LogP contribution >= 0.6 is 0 Å². The van der Waals surface area contributed by atoms with Crippen LogP contribution in [0.1, 0.15) is 36.1 Å². The Labute approximate surface area is 83.9 Å². The van der Waals surface area contributed by atoms with Crippen LogP contribution in [0.2, 0.25) is 0 Å². The van der Waals surface area contributed by atoms with E-state index in [1.54, 1.807) is 0 Å². The third kappa shape index (κ3) is 1.81. The van der Waals surface area contributed by atoms with E-state index in [0.29, 0.717) is 18.4 Å². The summed E-state index contributed by atoms with van der Waals surface area (Å²) in [6.45, 7) is 4.53. The van der Waals surface area contributed by atoms with E-state index in [1.807, 2.05) is 6.92 Å². The lowest BCUT2D eigenvalue weighted by Crippen LogP contribution is -2.27. The molecule has 0 radical (unpaired) electrons. The first-order valence-corrected chi connectivity index (χ1v) is 5.18. The SMILES string of the molecule is Cc1oc(CN)nc1C1CCNCC1. The minimum atomic E-state index is 0.395. The van der Waals surface area contributed by atoms with Gasteiger partial charge in [0.1, 0.15) is 5.76 Å². The summed E-state index contributed by atoms with van der Waals surface area (Å²) >= 11 is 0. The fraction of sp³-hybridized carbons (Fsp3) is 0.700. The number of hydrogen-bond donors (Lipinski definition) is 2. The average Bonchev–Trinajstić information content (AvgIpc) is 2.61. The molecular weight excluding hydrogens is 178 g/mol. The minimum Gasteiger partial charge on any atom is -0.444 e. The van der Waals surface area contributed by atoms with E-state index < -0.39 is 0 Å². The number of nitrogens with two attached hydrogens (primary N) is 1. The lowest BCUT2D eigenvalue weighted by atomic mass is 9.94. The van der Waals surface area contributed by atoms with Gasteiger partial charge in [-0.15, -0.1) is 0 Å². The topological polar surface area (TPSA) is 64.1 Å². The maximum absolute atomic E-state index is 5.49. The molecule has 0 atom stereocenters. The number of rotatable bonds is 2. The van der Waals surface area contributed by atoms with Crippen LogP contribution in [0.5, 0.6) is 0 Å². The predicted molar refractivity (Wildman–Crippen MR) is 54.0 cm³/mol. The summed E-state index contributed by atoms with van der Waals surface area (Å²) in [5.41, 5.74) is 6.61. The van der Waals surface area contributed by atoms with Crippen molar-refractivity contribution in [2.75, 3.05) is 13.1 Å². The molecule has 2 heterocycles. The Kier molecular flexibility index (Phi) is 2.84. The Hall–Kier alpha value is -0.870. The number of piperidine rings is 1. The van der Waals surface area contributed by atoms with E-state index >= 15 is 0 Å². The van der Waals surface area contributed by atoms with Gasteiger partial charge in [0, 0.05) is 5.92 Å². The molecule has 0 saturated carbocycles. The van der Waals surface area contributed by atoms with Crippen molar-refractivity contribution >= 4 is 0 Å². The number of aryl methyl sites for hydroxylation is 1. The third-order valence-corrected chi connectivity index (χ3v) is 2.78. The molecule has 0 bridgehead atoms. The van der Waals surface area contributed by atoms with Crippen molar-refractivity contribution in [3.8, 4) is 0 Å². The van der Waals surface area contributed by atoms with Crippen LogP contribution in [0.3, 0.4) is 0 Å². The Balaban J connectivity index is 2.17. The maximum Gasteiger partial charge on any atom is 0.208 e. The summed E-state index contributed by atoms with van der Waals surface area (Å²) in [7, 11) is 0. The van der Waals surface area contributed by atoms with Gasteiger partial charge >= 0.3 is 0 Å². The fourth-order valence-corrected chi connectivity index (χ4v) is 2.03. The second-order valence-corrected chi connectivity index (χ2v) is 3.78. The fourth-order valence-electron chi connectivity index (χ4n) is 2.03. The van der Waals surface area contributed by atoms with Gasteiger partial charge in [-0.05, 0) is 32.9 Å². The number of oxazole rings is 1. The van der Waals surface area contributed by atoms with Gasteiger partial charge < -0.3 is 15.5 Å². The van der Waals surface area contributed by atoms with E-state index in [4.69, 9.17) is 10.2 Å². The molecule has 1 saturated heterocycles. The third-order valence-electron chi connectivity index (χ3n) is 2.78. The predicted octanol–water partition coefficient (Wildman–Crippen LogP) is 0.909. The first-order valence-electron chi connectivity index (χ1n) is 5.18. The molecule has 4 nitrogen and oxygen atoms in total. The molecule has 0 amide bonds. The summed E-state index contributed by atoms with van der Waals surface area (Å²) in [5.74, 6) is 2.16. The van der Waals surface area contributed by atoms with Gasteiger partial charge in [0.05, 0.1) is 12.2 Å². The standard InChI is InChI=1S/C10H17N3O/c1-7-10(13-9(6-11)14-7)8-2-4-12-5-3-8/h8,12H,2-6,11H2,1H3. The summed E-state index contributed by atoms with van der Waals surface area (Å²) in [4.78, 5) is 4.43. The molecule has 0 aromatic carbocycles. The molecule has 1 aliphatic rings. The summed E-state index contributed by atoms with van der Waals surface area (Å²) in [6, 6.07) is 0. The van der Waals surface area contributed by atoms with Crippen molar-refractivity contribution in [2.24, 2.45) is 5.73 Å². The van der Waals surface area contributed by atoms with Gasteiger partial charge in [-0.25, -0.2) is 4.98 Å². The molecule has 1 aromatic heterocycles. The van der Waals surface area contributed by atoms with E-state index in [2.05, 4.69) is 10.3 Å². The van der Waals surface area contributed by atoms with Crippen molar-refractivity contribution < 1.29 is 4.42 Å². The largest absolute Gasteiger partial charge is 0.444 e. The molecule has 2 rings (SSSR count). The van der Waals surface area contributed by atoms with Gasteiger partial charge in [0.15, 0.2) is 0 Å². The van der Waals surface area contributed by atoms with Crippen molar-refractivity contribution in [3.05, 3.63) is 17.3 Å². The molecule has 1 aliphatic heterocycles. The lowest BCUT2D eigenvalue weighted by Gasteiger charge is -2.20. The van der Waals surface area contributed by atoms with Gasteiger partial charge in [0.2, 0.25) is 5.89 Å². The monoisotopic (exact) mass is 195 g/mol. The van der Waals surface area contributed by atoms with Gasteiger partial charge in [-0.3, -0.25) is 0 Å². The number of nitrogens with zero attached hydrogens (tertiary/aromatic N) is 1. The van der Waals surface area contributed by atoms with Crippen molar-refractivity contribution in [1.82, 2.24) is 10.3 Å². The zero-order valence-corrected chi connectivity index (χ0v) is 8.55. The quantitative estimate of drug-likeness (QED) is 0.736. The van der Waals surface area contributed by atoms with Crippen LogP contribution in [0.4, 0.5) is 0 Å². The minimum absolute atomic E-state index is 0.395. The van der Waals surface area contributed by atoms with Gasteiger partial charge in [-0.2, -0.15) is 0 Å². The molecule has 0 aliphatic carbocycles. The first kappa shape index (κ1) is 9.68. The highest BCUT2D eigenvalue weighted by atomic mass is 16.4. The highest BCUT2D eigenvalue weighted by Crippen LogP contribution is 2.27. The van der Waals surface area contributed by atoms with Crippen LogP contribution in [-0.4, -0.2) is 18.1 Å². The van der Waals surface area contributed by atoms with E-state index in [0.717, 1.165) is 37.4 Å². The normalized spacial score (nSPS) is 18.7. The molecular formula is C10H17N3O. The first-order chi connectivity index (χ1) is 6.81. The van der Waals surface area contributed by atoms with Crippen molar-refractivity contribution in [3.63, 3.8) is 0 Å². The number of aromatic nitrogens is 1. The van der Waals surface area contributed by atoms with Crippen LogP contribution < -0.4 is 11.1 Å². The Morgan fingerprint density at radius 2 is 2.21 bits per heavy atom. The Morgan fingerprint density at radius 1 is 1.50 bits per heavy atom. The van der Waals surface area contributed by atoms with Crippen LogP contribution in [-0.2, 0) is 6.54 Å². The average molecular weight is 195 g/mol. The Morgan fingerprint density at radius 3 is 2.79 bits per heavy atom. The highest BCUT2D eigenvalue weighted by Gasteiger charge is 2.21. The molecule has 0 spiro atoms. The zero-order chi connectivity index (χ0) is 9.97. The summed E-state index contributed by atoms with van der Waals surface area (Å²) < 4.78 is 5.46. The number of hydrogen-bond acceptors (Lipinski definition) is 4. The molecule has 0 unspecified atom stereocenters. The zero-order valence-electron chi connectivity index (χ0n) is 8.55. The smallest absolute Gasteiger partial charge is 0.208 e. The van der Waals surface area contributed by atoms with Crippen molar-refractivity contribution in [2.45, 2.75) is 32.2 Å². The van der Waals surface area contributed by atoms with Crippen LogP contribution in [0.25, 0.3) is 0 Å².